The summed E-state index contributed by atoms with van der Waals surface area (Å²) in [6.07, 6.45) is -3.07. The molecule has 6 nitrogen and oxygen atoms in total. The number of alkyl halides is 3. The first kappa shape index (κ1) is 26.7. The molecule has 1 unspecified atom stereocenters. The van der Waals surface area contributed by atoms with Crippen molar-refractivity contribution in [2.24, 2.45) is 0 Å². The Labute approximate surface area is 224 Å². The van der Waals surface area contributed by atoms with E-state index in [1.807, 2.05) is 7.05 Å². The van der Waals surface area contributed by atoms with E-state index in [-0.39, 0.29) is 29.6 Å². The van der Waals surface area contributed by atoms with Gasteiger partial charge in [0.2, 0.25) is 5.91 Å². The molecule has 5 rings (SSSR count). The molecule has 0 bridgehead atoms. The number of piperidine rings is 1. The predicted octanol–water partition coefficient (Wildman–Crippen LogP) is 5.28. The maximum atomic E-state index is 14.0. The van der Waals surface area contributed by atoms with Gasteiger partial charge >= 0.3 is 6.18 Å². The summed E-state index contributed by atoms with van der Waals surface area (Å²) < 4.78 is 71.1. The molecular formula is C27H28F3N3O3S2. The fourth-order valence-electron chi connectivity index (χ4n) is 5.36. The van der Waals surface area contributed by atoms with E-state index in [1.54, 1.807) is 54.4 Å². The molecule has 38 heavy (non-hydrogen) atoms. The third-order valence-corrected chi connectivity index (χ3v) is 10.4. The third kappa shape index (κ3) is 4.71. The molecule has 1 aromatic heterocycles. The van der Waals surface area contributed by atoms with Gasteiger partial charge in [-0.25, -0.2) is 8.42 Å². The minimum Gasteiger partial charge on any atom is -0.342 e. The van der Waals surface area contributed by atoms with Gasteiger partial charge in [-0.3, -0.25) is 9.10 Å². The number of nitrogens with zero attached hydrogens (tertiary/aromatic N) is 3. The van der Waals surface area contributed by atoms with Crippen molar-refractivity contribution in [1.82, 2.24) is 9.80 Å². The Hall–Kier alpha value is -2.89. The average Bonchev–Trinajstić information content (AvgIpc) is 3.53. The fourth-order valence-corrected chi connectivity index (χ4v) is 8.36. The number of halogens is 3. The van der Waals surface area contributed by atoms with Gasteiger partial charge in [-0.2, -0.15) is 13.2 Å². The van der Waals surface area contributed by atoms with Crippen LogP contribution < -0.4 is 4.31 Å². The Bertz CT molecular complexity index is 1430. The Morgan fingerprint density at radius 2 is 1.66 bits per heavy atom. The summed E-state index contributed by atoms with van der Waals surface area (Å²) in [5.74, 6) is -0.930. The van der Waals surface area contributed by atoms with Crippen LogP contribution in [-0.2, 0) is 21.0 Å². The summed E-state index contributed by atoms with van der Waals surface area (Å²) in [7, 11) is -0.644. The average molecular weight is 564 g/mol. The molecule has 0 N–H and O–H groups in total. The van der Waals surface area contributed by atoms with Crippen molar-refractivity contribution in [2.45, 2.75) is 35.9 Å². The number of sulfonamides is 1. The predicted molar refractivity (Wildman–Crippen MR) is 142 cm³/mol. The highest BCUT2D eigenvalue weighted by Crippen LogP contribution is 2.48. The molecule has 3 aromatic rings. The largest absolute Gasteiger partial charge is 0.426 e. The summed E-state index contributed by atoms with van der Waals surface area (Å²) >= 11 is 0.366. The van der Waals surface area contributed by atoms with Crippen LogP contribution in [0.1, 0.15) is 29.2 Å². The lowest BCUT2D eigenvalue weighted by atomic mass is 9.97. The van der Waals surface area contributed by atoms with Crippen LogP contribution in [0, 0.1) is 0 Å². The summed E-state index contributed by atoms with van der Waals surface area (Å²) in [5, 5.41) is 1.06. The van der Waals surface area contributed by atoms with Gasteiger partial charge in [0, 0.05) is 24.0 Å². The van der Waals surface area contributed by atoms with Gasteiger partial charge in [-0.1, -0.05) is 48.5 Å². The Morgan fingerprint density at radius 3 is 2.32 bits per heavy atom. The van der Waals surface area contributed by atoms with Crippen LogP contribution in [0.2, 0.25) is 0 Å². The van der Waals surface area contributed by atoms with Crippen molar-refractivity contribution >= 4 is 33.0 Å². The highest BCUT2D eigenvalue weighted by molar-refractivity contribution is 7.93. The number of rotatable bonds is 5. The molecular weight excluding hydrogens is 535 g/mol. The molecule has 0 spiro atoms. The second-order valence-corrected chi connectivity index (χ2v) is 12.5. The van der Waals surface area contributed by atoms with Gasteiger partial charge in [-0.15, -0.1) is 11.3 Å². The molecule has 11 heteroatoms. The number of fused-ring (bicyclic) bond motifs is 1. The second-order valence-electron chi connectivity index (χ2n) is 9.80. The molecule has 0 radical (unpaired) electrons. The molecule has 202 valence electrons. The van der Waals surface area contributed by atoms with E-state index in [2.05, 4.69) is 4.90 Å². The lowest BCUT2D eigenvalue weighted by molar-refractivity contribution is -0.134. The standard InChI is InChI=1S/C27H28F3N3O3S2/c1-31-14-12-19(13-15-31)32(2)26(34)21-16-33(22-11-7-6-10-20(21)22)38(35,36)23-17-37-25(27(28,29)30)24(23)18-8-4-3-5-9-18/h3-11,17,19,21H,12-16H2,1-2H3. The number of carbonyl (C=O) groups is 1. The molecule has 1 saturated heterocycles. The lowest BCUT2D eigenvalue weighted by Crippen LogP contribution is -2.46. The molecule has 1 fully saturated rings. The zero-order valence-corrected chi connectivity index (χ0v) is 22.6. The number of likely N-dealkylation sites (tertiary alicyclic amines) is 1. The third-order valence-electron chi connectivity index (χ3n) is 7.46. The fraction of sp³-hybridized carbons (Fsp3) is 0.370. The number of para-hydroxylation sites is 1. The number of carbonyl (C=O) groups excluding carboxylic acids is 1. The number of anilines is 1. The van der Waals surface area contributed by atoms with E-state index < -0.39 is 31.9 Å². The number of likely N-dealkylation sites (N-methyl/N-ethyl adjacent to an activating group) is 1. The summed E-state index contributed by atoms with van der Waals surface area (Å²) in [5.41, 5.74) is 0.690. The van der Waals surface area contributed by atoms with Crippen molar-refractivity contribution in [3.8, 4) is 11.1 Å². The zero-order valence-electron chi connectivity index (χ0n) is 21.0. The van der Waals surface area contributed by atoms with Crippen LogP contribution in [0.4, 0.5) is 18.9 Å². The number of amides is 1. The Morgan fingerprint density at radius 1 is 1.03 bits per heavy atom. The van der Waals surface area contributed by atoms with E-state index in [0.29, 0.717) is 22.6 Å². The maximum Gasteiger partial charge on any atom is 0.426 e. The molecule has 0 aliphatic carbocycles. The highest BCUT2D eigenvalue weighted by atomic mass is 32.2. The molecule has 2 aromatic carbocycles. The molecule has 3 heterocycles. The second kappa shape index (κ2) is 10.0. The Balaban J connectivity index is 1.53. The van der Waals surface area contributed by atoms with Crippen molar-refractivity contribution in [3.05, 3.63) is 70.4 Å². The zero-order chi connectivity index (χ0) is 27.2. The minimum atomic E-state index is -4.72. The first-order chi connectivity index (χ1) is 18.0. The minimum absolute atomic E-state index is 0.0485. The molecule has 0 saturated carbocycles. The topological polar surface area (TPSA) is 60.9 Å². The lowest BCUT2D eigenvalue weighted by Gasteiger charge is -2.36. The molecule has 1 amide bonds. The molecule has 1 atom stereocenters. The Kier molecular flexibility index (Phi) is 7.04. The van der Waals surface area contributed by atoms with Crippen molar-refractivity contribution in [2.75, 3.05) is 38.0 Å². The number of thiophene rings is 1. The van der Waals surface area contributed by atoms with E-state index in [9.17, 15) is 26.4 Å². The molecule has 2 aliphatic heterocycles. The van der Waals surface area contributed by atoms with Crippen molar-refractivity contribution in [3.63, 3.8) is 0 Å². The van der Waals surface area contributed by atoms with Crippen LogP contribution in [-0.4, -0.2) is 63.9 Å². The first-order valence-corrected chi connectivity index (χ1v) is 14.6. The number of hydrogen-bond donors (Lipinski definition) is 0. The highest BCUT2D eigenvalue weighted by Gasteiger charge is 2.45. The SMILES string of the molecule is CN1CCC(N(C)C(=O)C2CN(S(=O)(=O)c3csc(C(F)(F)F)c3-c3ccccc3)c3ccccc32)CC1. The van der Waals surface area contributed by atoms with Crippen LogP contribution in [0.3, 0.4) is 0 Å². The van der Waals surface area contributed by atoms with Gasteiger partial charge in [-0.05, 0) is 50.2 Å². The normalized spacial score (nSPS) is 19.0. The summed E-state index contributed by atoms with van der Waals surface area (Å²) in [4.78, 5) is 16.2. The maximum absolute atomic E-state index is 14.0. The van der Waals surface area contributed by atoms with Gasteiger partial charge < -0.3 is 9.80 Å². The van der Waals surface area contributed by atoms with Crippen LogP contribution in [0.25, 0.3) is 11.1 Å². The van der Waals surface area contributed by atoms with Gasteiger partial charge in [0.1, 0.15) is 9.77 Å². The van der Waals surface area contributed by atoms with Gasteiger partial charge in [0.05, 0.1) is 18.2 Å². The van der Waals surface area contributed by atoms with E-state index >= 15 is 0 Å². The van der Waals surface area contributed by atoms with E-state index in [0.717, 1.165) is 35.6 Å². The quantitative estimate of drug-likeness (QED) is 0.424. The summed E-state index contributed by atoms with van der Waals surface area (Å²) in [6.45, 7) is 1.57. The van der Waals surface area contributed by atoms with Crippen molar-refractivity contribution in [1.29, 1.82) is 0 Å². The monoisotopic (exact) mass is 563 g/mol. The van der Waals surface area contributed by atoms with Crippen LogP contribution >= 0.6 is 11.3 Å². The van der Waals surface area contributed by atoms with Gasteiger partial charge in [0.25, 0.3) is 10.0 Å². The van der Waals surface area contributed by atoms with Crippen LogP contribution in [0.5, 0.6) is 0 Å². The number of benzene rings is 2. The number of hydrogen-bond acceptors (Lipinski definition) is 5. The van der Waals surface area contributed by atoms with Crippen LogP contribution in [0.15, 0.2) is 64.9 Å². The first-order valence-electron chi connectivity index (χ1n) is 12.3. The van der Waals surface area contributed by atoms with Gasteiger partial charge in [0.15, 0.2) is 0 Å². The summed E-state index contributed by atoms with van der Waals surface area (Å²) in [6, 6.07) is 14.5. The van der Waals surface area contributed by atoms with E-state index in [4.69, 9.17) is 0 Å². The smallest absolute Gasteiger partial charge is 0.342 e. The van der Waals surface area contributed by atoms with Crippen molar-refractivity contribution < 1.29 is 26.4 Å². The molecule has 2 aliphatic rings. The van der Waals surface area contributed by atoms with E-state index in [1.165, 1.54) is 12.1 Å².